The number of benzene rings is 1. The fourth-order valence-corrected chi connectivity index (χ4v) is 2.60. The van der Waals surface area contributed by atoms with E-state index in [4.69, 9.17) is 0 Å². The minimum absolute atomic E-state index is 0.0313. The van der Waals surface area contributed by atoms with E-state index in [-0.39, 0.29) is 10.8 Å². The Kier molecular flexibility index (Phi) is 5.52. The predicted octanol–water partition coefficient (Wildman–Crippen LogP) is 5.97. The summed E-state index contributed by atoms with van der Waals surface area (Å²) in [6.07, 6.45) is 3.55. The third-order valence-electron chi connectivity index (χ3n) is 4.41. The summed E-state index contributed by atoms with van der Waals surface area (Å²) in [5.74, 6) is 1.25. The second kappa shape index (κ2) is 6.42. The molecule has 1 unspecified atom stereocenters. The third-order valence-corrected chi connectivity index (χ3v) is 4.41. The lowest BCUT2D eigenvalue weighted by Crippen LogP contribution is -2.18. The van der Waals surface area contributed by atoms with E-state index in [9.17, 15) is 5.11 Å². The summed E-state index contributed by atoms with van der Waals surface area (Å²) < 4.78 is 0. The van der Waals surface area contributed by atoms with Gasteiger partial charge in [0.05, 0.1) is 0 Å². The quantitative estimate of drug-likeness (QED) is 0.724. The molecular weight excluding hydrogens is 256 g/mol. The Bertz CT molecular complexity index is 437. The summed E-state index contributed by atoms with van der Waals surface area (Å²) in [6, 6.07) is 4.43. The van der Waals surface area contributed by atoms with E-state index >= 15 is 0 Å². The van der Waals surface area contributed by atoms with Crippen LogP contribution in [0.15, 0.2) is 12.1 Å². The highest BCUT2D eigenvalue weighted by Crippen LogP contribution is 2.40. The van der Waals surface area contributed by atoms with Crippen molar-refractivity contribution in [1.82, 2.24) is 0 Å². The Morgan fingerprint density at radius 3 is 1.71 bits per heavy atom. The van der Waals surface area contributed by atoms with Crippen LogP contribution in [0.3, 0.4) is 0 Å². The maximum absolute atomic E-state index is 10.7. The zero-order valence-corrected chi connectivity index (χ0v) is 15.3. The molecule has 0 aliphatic rings. The van der Waals surface area contributed by atoms with Gasteiger partial charge in [0.15, 0.2) is 0 Å². The normalized spacial score (nSPS) is 14.3. The fraction of sp³-hybridized carbons (Fsp3) is 0.700. The van der Waals surface area contributed by atoms with Crippen molar-refractivity contribution in [2.24, 2.45) is 5.92 Å². The molecule has 0 aromatic heterocycles. The topological polar surface area (TPSA) is 20.2 Å². The van der Waals surface area contributed by atoms with Crippen molar-refractivity contribution in [2.45, 2.75) is 85.5 Å². The summed E-state index contributed by atoms with van der Waals surface area (Å²) in [5.41, 5.74) is 3.46. The van der Waals surface area contributed by atoms with Crippen molar-refractivity contribution in [2.75, 3.05) is 0 Å². The lowest BCUT2D eigenvalue weighted by atomic mass is 9.78. The summed E-state index contributed by atoms with van der Waals surface area (Å²) in [4.78, 5) is 0. The molecule has 1 N–H and O–H groups in total. The molecule has 1 aromatic rings. The van der Waals surface area contributed by atoms with Gasteiger partial charge in [-0.15, -0.1) is 0 Å². The minimum atomic E-state index is -0.0313. The molecule has 0 saturated heterocycles. The first-order valence-corrected chi connectivity index (χ1v) is 8.33. The second-order valence-electron chi connectivity index (χ2n) is 8.59. The van der Waals surface area contributed by atoms with E-state index < -0.39 is 0 Å². The monoisotopic (exact) mass is 290 g/mol. The van der Waals surface area contributed by atoms with Crippen LogP contribution < -0.4 is 0 Å². The van der Waals surface area contributed by atoms with Crippen molar-refractivity contribution in [1.29, 1.82) is 0 Å². The number of aryl methyl sites for hydroxylation is 1. The molecule has 0 aliphatic heterocycles. The molecule has 1 atom stereocenters. The van der Waals surface area contributed by atoms with Gasteiger partial charge in [0, 0.05) is 0 Å². The van der Waals surface area contributed by atoms with Gasteiger partial charge in [-0.1, -0.05) is 73.9 Å². The van der Waals surface area contributed by atoms with Gasteiger partial charge < -0.3 is 5.11 Å². The lowest BCUT2D eigenvalue weighted by Gasteiger charge is -2.28. The molecule has 0 spiro atoms. The lowest BCUT2D eigenvalue weighted by molar-refractivity contribution is 0.422. The number of phenols is 1. The summed E-state index contributed by atoms with van der Waals surface area (Å²) in [6.45, 7) is 17.6. The van der Waals surface area contributed by atoms with Gasteiger partial charge in [0.25, 0.3) is 0 Å². The number of hydrogen-bond donors (Lipinski definition) is 1. The molecular formula is C20H34O. The van der Waals surface area contributed by atoms with Crippen molar-refractivity contribution in [3.8, 4) is 5.75 Å². The largest absolute Gasteiger partial charge is 0.507 e. The molecule has 21 heavy (non-hydrogen) atoms. The van der Waals surface area contributed by atoms with E-state index in [0.717, 1.165) is 23.5 Å². The van der Waals surface area contributed by atoms with Crippen molar-refractivity contribution in [3.05, 3.63) is 28.8 Å². The molecule has 1 heteroatoms. The molecule has 1 aromatic carbocycles. The standard InChI is InChI=1S/C20H34O/c1-9-14(2)10-11-15-12-16(19(3,4)5)18(21)17(13-15)20(6,7)8/h12-14,21H,9-11H2,1-8H3. The second-order valence-corrected chi connectivity index (χ2v) is 8.59. The molecule has 0 radical (unpaired) electrons. The molecule has 0 bridgehead atoms. The van der Waals surface area contributed by atoms with E-state index in [2.05, 4.69) is 67.5 Å². The summed E-state index contributed by atoms with van der Waals surface area (Å²) in [7, 11) is 0. The first-order chi connectivity index (χ1) is 9.46. The van der Waals surface area contributed by atoms with Gasteiger partial charge >= 0.3 is 0 Å². The average molecular weight is 290 g/mol. The predicted molar refractivity (Wildman–Crippen MR) is 93.3 cm³/mol. The van der Waals surface area contributed by atoms with Gasteiger partial charge in [-0.05, 0) is 46.3 Å². The van der Waals surface area contributed by atoms with E-state index in [1.807, 2.05) is 0 Å². The summed E-state index contributed by atoms with van der Waals surface area (Å²) >= 11 is 0. The smallest absolute Gasteiger partial charge is 0.123 e. The van der Waals surface area contributed by atoms with Crippen molar-refractivity contribution < 1.29 is 5.11 Å². The van der Waals surface area contributed by atoms with Crippen molar-refractivity contribution >= 4 is 0 Å². The van der Waals surface area contributed by atoms with E-state index in [1.54, 1.807) is 0 Å². The molecule has 120 valence electrons. The highest BCUT2D eigenvalue weighted by atomic mass is 16.3. The molecule has 0 saturated carbocycles. The van der Waals surface area contributed by atoms with E-state index in [1.165, 1.54) is 18.4 Å². The van der Waals surface area contributed by atoms with Crippen LogP contribution in [0.4, 0.5) is 0 Å². The molecule has 0 fully saturated rings. The zero-order chi connectivity index (χ0) is 16.4. The average Bonchev–Trinajstić information content (AvgIpc) is 2.34. The van der Waals surface area contributed by atoms with Crippen LogP contribution in [0.2, 0.25) is 0 Å². The first kappa shape index (κ1) is 18.1. The highest BCUT2D eigenvalue weighted by molar-refractivity contribution is 5.49. The number of phenolic OH excluding ortho intramolecular Hbond substituents is 1. The Hall–Kier alpha value is -0.980. The SMILES string of the molecule is CCC(C)CCc1cc(C(C)(C)C)c(O)c(C(C)(C)C)c1. The van der Waals surface area contributed by atoms with Crippen LogP contribution in [0, 0.1) is 5.92 Å². The summed E-state index contributed by atoms with van der Waals surface area (Å²) in [5, 5.41) is 10.7. The maximum Gasteiger partial charge on any atom is 0.123 e. The number of hydrogen-bond acceptors (Lipinski definition) is 1. The van der Waals surface area contributed by atoms with Crippen LogP contribution in [0.1, 0.15) is 84.9 Å². The Morgan fingerprint density at radius 2 is 1.38 bits per heavy atom. The molecule has 0 heterocycles. The van der Waals surface area contributed by atoms with Crippen molar-refractivity contribution in [3.63, 3.8) is 0 Å². The van der Waals surface area contributed by atoms with Crippen LogP contribution in [0.25, 0.3) is 0 Å². The Labute approximate surface area is 131 Å². The van der Waals surface area contributed by atoms with Gasteiger partial charge in [0.1, 0.15) is 5.75 Å². The van der Waals surface area contributed by atoms with Crippen LogP contribution in [-0.4, -0.2) is 5.11 Å². The van der Waals surface area contributed by atoms with Gasteiger partial charge in [-0.25, -0.2) is 0 Å². The number of rotatable bonds is 4. The Balaban J connectivity index is 3.27. The number of aromatic hydroxyl groups is 1. The van der Waals surface area contributed by atoms with Gasteiger partial charge in [-0.3, -0.25) is 0 Å². The van der Waals surface area contributed by atoms with Crippen LogP contribution in [0.5, 0.6) is 5.75 Å². The molecule has 1 rings (SSSR count). The minimum Gasteiger partial charge on any atom is -0.507 e. The fourth-order valence-electron chi connectivity index (χ4n) is 2.60. The molecule has 0 amide bonds. The maximum atomic E-state index is 10.7. The van der Waals surface area contributed by atoms with Crippen LogP contribution >= 0.6 is 0 Å². The third kappa shape index (κ3) is 4.76. The Morgan fingerprint density at radius 1 is 0.952 bits per heavy atom. The van der Waals surface area contributed by atoms with Crippen LogP contribution in [-0.2, 0) is 17.3 Å². The molecule has 0 aliphatic carbocycles. The van der Waals surface area contributed by atoms with Gasteiger partial charge in [0.2, 0.25) is 0 Å². The first-order valence-electron chi connectivity index (χ1n) is 8.33. The zero-order valence-electron chi connectivity index (χ0n) is 15.3. The molecule has 1 nitrogen and oxygen atoms in total. The van der Waals surface area contributed by atoms with E-state index in [0.29, 0.717) is 5.75 Å². The highest BCUT2D eigenvalue weighted by Gasteiger charge is 2.26. The van der Waals surface area contributed by atoms with Gasteiger partial charge in [-0.2, -0.15) is 0 Å².